The van der Waals surface area contributed by atoms with Gasteiger partial charge in [-0.3, -0.25) is 0 Å². The van der Waals surface area contributed by atoms with Gasteiger partial charge in [0.15, 0.2) is 11.5 Å². The number of halogens is 2. The van der Waals surface area contributed by atoms with Gasteiger partial charge in [0.2, 0.25) is 6.43 Å². The van der Waals surface area contributed by atoms with Crippen LogP contribution in [0.5, 0.6) is 23.0 Å². The third kappa shape index (κ3) is 4.80. The Hall–Kier alpha value is -2.92. The number of rotatable bonds is 7. The minimum Gasteiger partial charge on any atom is -0.453 e. The number of benzene rings is 3. The van der Waals surface area contributed by atoms with Crippen molar-refractivity contribution in [2.75, 3.05) is 0 Å². The molecule has 0 aromatic heterocycles. The maximum absolute atomic E-state index is 12.6. The zero-order valence-corrected chi connectivity index (χ0v) is 14.0. The van der Waals surface area contributed by atoms with Gasteiger partial charge < -0.3 is 15.2 Å². The van der Waals surface area contributed by atoms with Gasteiger partial charge in [-0.1, -0.05) is 42.5 Å². The fraction of sp³-hybridized carbons (Fsp3) is 0.143. The SMILES string of the molecule is N[C@@H](CC(F)F)c1ccc(Oc2ccccc2)c(Oc2ccccc2)c1. The van der Waals surface area contributed by atoms with Crippen LogP contribution in [0.25, 0.3) is 0 Å². The Balaban J connectivity index is 1.91. The average molecular weight is 355 g/mol. The van der Waals surface area contributed by atoms with E-state index in [0.717, 1.165) is 0 Å². The quantitative estimate of drug-likeness (QED) is 0.571. The van der Waals surface area contributed by atoms with Gasteiger partial charge in [0, 0.05) is 12.5 Å². The van der Waals surface area contributed by atoms with Crippen LogP contribution in [0.2, 0.25) is 0 Å². The number of nitrogens with two attached hydrogens (primary N) is 1. The molecule has 0 spiro atoms. The summed E-state index contributed by atoms with van der Waals surface area (Å²) in [5.74, 6) is 2.16. The molecule has 0 aliphatic rings. The normalized spacial score (nSPS) is 12.0. The molecule has 3 aromatic carbocycles. The molecule has 1 atom stereocenters. The Bertz CT molecular complexity index is 826. The zero-order chi connectivity index (χ0) is 18.4. The van der Waals surface area contributed by atoms with E-state index in [1.165, 1.54) is 0 Å². The molecular weight excluding hydrogens is 336 g/mol. The van der Waals surface area contributed by atoms with E-state index in [1.807, 2.05) is 48.5 Å². The van der Waals surface area contributed by atoms with Crippen LogP contribution in [-0.2, 0) is 0 Å². The van der Waals surface area contributed by atoms with Crippen LogP contribution in [-0.4, -0.2) is 6.43 Å². The Kier molecular flexibility index (Phi) is 5.81. The highest BCUT2D eigenvalue weighted by Gasteiger charge is 2.16. The van der Waals surface area contributed by atoms with Crippen LogP contribution in [0.4, 0.5) is 8.78 Å². The monoisotopic (exact) mass is 355 g/mol. The fourth-order valence-corrected chi connectivity index (χ4v) is 2.48. The maximum Gasteiger partial charge on any atom is 0.240 e. The van der Waals surface area contributed by atoms with E-state index in [4.69, 9.17) is 15.2 Å². The number of hydrogen-bond acceptors (Lipinski definition) is 3. The minimum atomic E-state index is -2.47. The van der Waals surface area contributed by atoms with Crippen molar-refractivity contribution < 1.29 is 18.3 Å². The molecule has 0 unspecified atom stereocenters. The van der Waals surface area contributed by atoms with E-state index in [1.54, 1.807) is 30.3 Å². The summed E-state index contributed by atoms with van der Waals surface area (Å²) in [6.45, 7) is 0. The summed E-state index contributed by atoms with van der Waals surface area (Å²) < 4.78 is 37.1. The standard InChI is InChI=1S/C21H19F2NO2/c22-21(23)14-18(24)15-11-12-19(25-16-7-3-1-4-8-16)20(13-15)26-17-9-5-2-6-10-17/h1-13,18,21H,14,24H2/t18-/m0/s1. The van der Waals surface area contributed by atoms with Crippen molar-refractivity contribution in [2.24, 2.45) is 5.73 Å². The summed E-state index contributed by atoms with van der Waals surface area (Å²) in [7, 11) is 0. The predicted octanol–water partition coefficient (Wildman–Crippen LogP) is 5.93. The lowest BCUT2D eigenvalue weighted by Crippen LogP contribution is -2.14. The van der Waals surface area contributed by atoms with Crippen LogP contribution in [0.1, 0.15) is 18.0 Å². The maximum atomic E-state index is 12.6. The number of hydrogen-bond donors (Lipinski definition) is 1. The lowest BCUT2D eigenvalue weighted by molar-refractivity contribution is 0.128. The van der Waals surface area contributed by atoms with Crippen LogP contribution >= 0.6 is 0 Å². The van der Waals surface area contributed by atoms with E-state index >= 15 is 0 Å². The molecular formula is C21H19F2NO2. The second kappa shape index (κ2) is 8.45. The molecule has 3 nitrogen and oxygen atoms in total. The van der Waals surface area contributed by atoms with Crippen molar-refractivity contribution in [3.63, 3.8) is 0 Å². The van der Waals surface area contributed by atoms with Crippen molar-refractivity contribution in [1.82, 2.24) is 0 Å². The fourth-order valence-electron chi connectivity index (χ4n) is 2.48. The Morgan fingerprint density at radius 1 is 0.731 bits per heavy atom. The first kappa shape index (κ1) is 17.9. The van der Waals surface area contributed by atoms with Crippen LogP contribution in [0, 0.1) is 0 Å². The first-order chi connectivity index (χ1) is 12.6. The van der Waals surface area contributed by atoms with Crippen molar-refractivity contribution in [3.05, 3.63) is 84.4 Å². The smallest absolute Gasteiger partial charge is 0.240 e. The molecule has 2 N–H and O–H groups in total. The lowest BCUT2D eigenvalue weighted by atomic mass is 10.0. The van der Waals surface area contributed by atoms with E-state index in [9.17, 15) is 8.78 Å². The molecule has 0 saturated heterocycles. The number of ether oxygens (including phenoxy) is 2. The molecule has 0 saturated carbocycles. The Morgan fingerprint density at radius 3 is 1.81 bits per heavy atom. The van der Waals surface area contributed by atoms with Gasteiger partial charge >= 0.3 is 0 Å². The molecule has 0 radical (unpaired) electrons. The third-order valence-corrected chi connectivity index (χ3v) is 3.77. The van der Waals surface area contributed by atoms with Gasteiger partial charge in [-0.2, -0.15) is 0 Å². The molecule has 0 aliphatic heterocycles. The highest BCUT2D eigenvalue weighted by molar-refractivity contribution is 5.48. The summed E-state index contributed by atoms with van der Waals surface area (Å²) in [6, 6.07) is 22.7. The van der Waals surface area contributed by atoms with Gasteiger partial charge in [-0.05, 0) is 42.0 Å². The van der Waals surface area contributed by atoms with Crippen molar-refractivity contribution in [1.29, 1.82) is 0 Å². The van der Waals surface area contributed by atoms with Gasteiger partial charge in [-0.25, -0.2) is 8.78 Å². The molecule has 3 rings (SSSR count). The second-order valence-corrected chi connectivity index (χ2v) is 5.77. The molecule has 134 valence electrons. The van der Waals surface area contributed by atoms with E-state index < -0.39 is 18.9 Å². The van der Waals surface area contributed by atoms with Crippen molar-refractivity contribution in [3.8, 4) is 23.0 Å². The zero-order valence-electron chi connectivity index (χ0n) is 14.0. The van der Waals surface area contributed by atoms with Gasteiger partial charge in [0.1, 0.15) is 11.5 Å². The molecule has 0 heterocycles. The molecule has 0 aliphatic carbocycles. The molecule has 0 fully saturated rings. The first-order valence-electron chi connectivity index (χ1n) is 8.25. The van der Waals surface area contributed by atoms with Crippen molar-refractivity contribution >= 4 is 0 Å². The molecule has 26 heavy (non-hydrogen) atoms. The molecule has 3 aromatic rings. The van der Waals surface area contributed by atoms with Gasteiger partial charge in [0.05, 0.1) is 0 Å². The molecule has 0 amide bonds. The van der Waals surface area contributed by atoms with Crippen LogP contribution in [0.15, 0.2) is 78.9 Å². The largest absolute Gasteiger partial charge is 0.453 e. The Labute approximate surface area is 151 Å². The summed E-state index contributed by atoms with van der Waals surface area (Å²) in [5.41, 5.74) is 6.45. The molecule has 0 bridgehead atoms. The number of para-hydroxylation sites is 2. The van der Waals surface area contributed by atoms with Crippen molar-refractivity contribution in [2.45, 2.75) is 18.9 Å². The summed E-state index contributed by atoms with van der Waals surface area (Å²) in [6.07, 6.45) is -2.88. The lowest BCUT2D eigenvalue weighted by Gasteiger charge is -2.17. The molecule has 5 heteroatoms. The van der Waals surface area contributed by atoms with E-state index in [2.05, 4.69) is 0 Å². The van der Waals surface area contributed by atoms with Gasteiger partial charge in [0.25, 0.3) is 0 Å². The van der Waals surface area contributed by atoms with Crippen LogP contribution in [0.3, 0.4) is 0 Å². The topological polar surface area (TPSA) is 44.5 Å². The minimum absolute atomic E-state index is 0.413. The third-order valence-electron chi connectivity index (χ3n) is 3.77. The number of alkyl halides is 2. The highest BCUT2D eigenvalue weighted by Crippen LogP contribution is 2.37. The Morgan fingerprint density at radius 2 is 1.27 bits per heavy atom. The summed E-state index contributed by atoms with van der Waals surface area (Å²) >= 11 is 0. The summed E-state index contributed by atoms with van der Waals surface area (Å²) in [5, 5.41) is 0. The average Bonchev–Trinajstić information content (AvgIpc) is 2.64. The van der Waals surface area contributed by atoms with Gasteiger partial charge in [-0.15, -0.1) is 0 Å². The first-order valence-corrected chi connectivity index (χ1v) is 8.25. The highest BCUT2D eigenvalue weighted by atomic mass is 19.3. The summed E-state index contributed by atoms with van der Waals surface area (Å²) in [4.78, 5) is 0. The van der Waals surface area contributed by atoms with E-state index in [0.29, 0.717) is 28.6 Å². The second-order valence-electron chi connectivity index (χ2n) is 5.77. The van der Waals surface area contributed by atoms with E-state index in [-0.39, 0.29) is 0 Å². The predicted molar refractivity (Wildman–Crippen MR) is 97.0 cm³/mol. The van der Waals surface area contributed by atoms with Crippen LogP contribution < -0.4 is 15.2 Å².